The molecule has 0 radical (unpaired) electrons. The molecule has 0 saturated heterocycles. The Morgan fingerprint density at radius 3 is 3.00 bits per heavy atom. The van der Waals surface area contributed by atoms with E-state index in [-0.39, 0.29) is 17.8 Å². The quantitative estimate of drug-likeness (QED) is 0.654. The van der Waals surface area contributed by atoms with Gasteiger partial charge in [-0.05, 0) is 31.6 Å². The molecule has 3 heterocycles. The molecule has 1 amide bonds. The van der Waals surface area contributed by atoms with Gasteiger partial charge in [0, 0.05) is 12.2 Å². The number of anilines is 1. The number of amides is 1. The predicted molar refractivity (Wildman–Crippen MR) is 90.9 cm³/mol. The van der Waals surface area contributed by atoms with Crippen LogP contribution < -0.4 is 11.1 Å². The van der Waals surface area contributed by atoms with Crippen LogP contribution in [0.2, 0.25) is 0 Å². The van der Waals surface area contributed by atoms with E-state index in [9.17, 15) is 4.79 Å². The summed E-state index contributed by atoms with van der Waals surface area (Å²) < 4.78 is 0. The van der Waals surface area contributed by atoms with E-state index < -0.39 is 0 Å². The lowest BCUT2D eigenvalue weighted by molar-refractivity contribution is 0.0931. The first kappa shape index (κ1) is 15.6. The molecule has 3 rings (SSSR count). The van der Waals surface area contributed by atoms with Crippen molar-refractivity contribution < 1.29 is 4.79 Å². The third-order valence-corrected chi connectivity index (χ3v) is 3.32. The molecule has 0 unspecified atom stereocenters. The van der Waals surface area contributed by atoms with Crippen LogP contribution in [0.25, 0.3) is 17.2 Å². The first-order valence-electron chi connectivity index (χ1n) is 7.47. The zero-order valence-corrected chi connectivity index (χ0v) is 13.1. The van der Waals surface area contributed by atoms with Crippen LogP contribution >= 0.6 is 0 Å². The van der Waals surface area contributed by atoms with Crippen molar-refractivity contribution in [1.82, 2.24) is 30.2 Å². The lowest BCUT2D eigenvalue weighted by Crippen LogP contribution is -2.32. The maximum Gasteiger partial charge on any atom is 0.287 e. The van der Waals surface area contributed by atoms with Crippen molar-refractivity contribution >= 4 is 29.0 Å². The number of fused-ring (bicyclic) bond motifs is 1. The van der Waals surface area contributed by atoms with Crippen LogP contribution in [0.15, 0.2) is 36.8 Å². The Morgan fingerprint density at radius 2 is 2.25 bits per heavy atom. The molecule has 0 bridgehead atoms. The number of aromatic amines is 1. The predicted octanol–water partition coefficient (Wildman–Crippen LogP) is 1.55. The Balaban J connectivity index is 1.56. The maximum absolute atomic E-state index is 12.2. The van der Waals surface area contributed by atoms with Gasteiger partial charge in [-0.15, -0.1) is 0 Å². The summed E-state index contributed by atoms with van der Waals surface area (Å²) in [4.78, 5) is 31.5. The van der Waals surface area contributed by atoms with E-state index >= 15 is 0 Å². The number of nitrogens with one attached hydrogen (secondary N) is 2. The van der Waals surface area contributed by atoms with Crippen LogP contribution in [0.4, 0.5) is 5.82 Å². The Bertz CT molecular complexity index is 837. The first-order chi connectivity index (χ1) is 11.6. The SMILES string of the molecule is C[C@@H](C/C=C/c1cnc(N)cn1)NC(=O)c1nc2ncccc2[nH]1. The van der Waals surface area contributed by atoms with Gasteiger partial charge in [0.15, 0.2) is 11.5 Å². The van der Waals surface area contributed by atoms with Crippen LogP contribution in [0.5, 0.6) is 0 Å². The van der Waals surface area contributed by atoms with Gasteiger partial charge in [0.1, 0.15) is 5.82 Å². The highest BCUT2D eigenvalue weighted by Gasteiger charge is 2.13. The lowest BCUT2D eigenvalue weighted by atomic mass is 10.2. The third kappa shape index (κ3) is 3.72. The summed E-state index contributed by atoms with van der Waals surface area (Å²) in [5, 5.41) is 2.88. The van der Waals surface area contributed by atoms with Crippen LogP contribution in [0.1, 0.15) is 29.7 Å². The fourth-order valence-corrected chi connectivity index (χ4v) is 2.13. The number of rotatable bonds is 5. The monoisotopic (exact) mass is 323 g/mol. The second-order valence-electron chi connectivity index (χ2n) is 5.34. The minimum Gasteiger partial charge on any atom is -0.382 e. The highest BCUT2D eigenvalue weighted by atomic mass is 16.2. The van der Waals surface area contributed by atoms with Gasteiger partial charge in [0.05, 0.1) is 23.6 Å². The summed E-state index contributed by atoms with van der Waals surface area (Å²) in [6, 6.07) is 3.55. The fraction of sp³-hybridized carbons (Fsp3) is 0.188. The highest BCUT2D eigenvalue weighted by molar-refractivity contribution is 5.93. The van der Waals surface area contributed by atoms with E-state index in [2.05, 4.69) is 30.2 Å². The number of pyridine rings is 1. The summed E-state index contributed by atoms with van der Waals surface area (Å²) in [6.07, 6.45) is 9.14. The molecule has 8 heteroatoms. The Labute approximate surface area is 138 Å². The van der Waals surface area contributed by atoms with Gasteiger partial charge < -0.3 is 16.0 Å². The third-order valence-electron chi connectivity index (χ3n) is 3.32. The molecular weight excluding hydrogens is 306 g/mol. The van der Waals surface area contributed by atoms with Crippen LogP contribution in [-0.2, 0) is 0 Å². The first-order valence-corrected chi connectivity index (χ1v) is 7.47. The van der Waals surface area contributed by atoms with Gasteiger partial charge in [-0.25, -0.2) is 15.0 Å². The average Bonchev–Trinajstić information content (AvgIpc) is 3.01. The standard InChI is InChI=1S/C16H17N7O/c1-10(4-2-5-11-8-20-13(17)9-19-11)21-16(24)15-22-12-6-3-7-18-14(12)23-15/h2-3,5-10H,4H2,1H3,(H2,17,20)(H,21,24)(H,18,22,23)/b5-2+/t10-/m0/s1. The molecule has 0 spiro atoms. The van der Waals surface area contributed by atoms with Gasteiger partial charge in [0.25, 0.3) is 5.91 Å². The number of H-pyrrole nitrogens is 1. The van der Waals surface area contributed by atoms with Crippen molar-refractivity contribution in [1.29, 1.82) is 0 Å². The molecular formula is C16H17N7O. The number of imidazole rings is 1. The van der Waals surface area contributed by atoms with Crippen molar-refractivity contribution in [3.63, 3.8) is 0 Å². The van der Waals surface area contributed by atoms with Crippen LogP contribution in [0, 0.1) is 0 Å². The smallest absolute Gasteiger partial charge is 0.287 e. The molecule has 3 aromatic heterocycles. The number of carbonyl (C=O) groups is 1. The van der Waals surface area contributed by atoms with Gasteiger partial charge in [-0.3, -0.25) is 9.78 Å². The van der Waals surface area contributed by atoms with Crippen molar-refractivity contribution in [3.05, 3.63) is 48.3 Å². The fourth-order valence-electron chi connectivity index (χ4n) is 2.13. The van der Waals surface area contributed by atoms with Crippen molar-refractivity contribution in [2.45, 2.75) is 19.4 Å². The topological polar surface area (TPSA) is 122 Å². The number of nitrogens with two attached hydrogens (primary N) is 1. The van der Waals surface area contributed by atoms with E-state index in [4.69, 9.17) is 5.73 Å². The van der Waals surface area contributed by atoms with E-state index in [0.717, 1.165) is 5.52 Å². The second-order valence-corrected chi connectivity index (χ2v) is 5.34. The highest BCUT2D eigenvalue weighted by Crippen LogP contribution is 2.08. The van der Waals surface area contributed by atoms with Crippen LogP contribution in [-0.4, -0.2) is 36.9 Å². The number of carbonyl (C=O) groups excluding carboxylic acids is 1. The number of nitrogens with zero attached hydrogens (tertiary/aromatic N) is 4. The molecule has 8 nitrogen and oxygen atoms in total. The largest absolute Gasteiger partial charge is 0.382 e. The van der Waals surface area contributed by atoms with Gasteiger partial charge in [-0.2, -0.15) is 0 Å². The van der Waals surface area contributed by atoms with Crippen LogP contribution in [0.3, 0.4) is 0 Å². The molecule has 24 heavy (non-hydrogen) atoms. The zero-order chi connectivity index (χ0) is 16.9. The molecule has 0 saturated carbocycles. The van der Waals surface area contributed by atoms with Gasteiger partial charge in [0.2, 0.25) is 0 Å². The molecule has 1 atom stereocenters. The minimum absolute atomic E-state index is 0.0586. The Hall–Kier alpha value is -3.29. The molecule has 0 aromatic carbocycles. The molecule has 122 valence electrons. The van der Waals surface area contributed by atoms with Crippen molar-refractivity contribution in [2.24, 2.45) is 0 Å². The van der Waals surface area contributed by atoms with E-state index in [1.54, 1.807) is 18.5 Å². The van der Waals surface area contributed by atoms with Gasteiger partial charge >= 0.3 is 0 Å². The molecule has 0 aliphatic heterocycles. The number of hydrogen-bond donors (Lipinski definition) is 3. The normalized spacial score (nSPS) is 12.5. The number of aromatic nitrogens is 5. The van der Waals surface area contributed by atoms with Crippen molar-refractivity contribution in [3.8, 4) is 0 Å². The summed E-state index contributed by atoms with van der Waals surface area (Å²) in [5.41, 5.74) is 7.46. The maximum atomic E-state index is 12.2. The second kappa shape index (κ2) is 6.86. The van der Waals surface area contributed by atoms with E-state index in [1.165, 1.54) is 6.20 Å². The Morgan fingerprint density at radius 1 is 1.38 bits per heavy atom. The molecule has 0 aliphatic rings. The summed E-state index contributed by atoms with van der Waals surface area (Å²) in [5.74, 6) is 0.373. The average molecular weight is 323 g/mol. The van der Waals surface area contributed by atoms with E-state index in [1.807, 2.05) is 25.1 Å². The van der Waals surface area contributed by atoms with Crippen molar-refractivity contribution in [2.75, 3.05) is 5.73 Å². The molecule has 4 N–H and O–H groups in total. The molecule has 0 aliphatic carbocycles. The van der Waals surface area contributed by atoms with E-state index in [0.29, 0.717) is 23.6 Å². The number of nitrogen functional groups attached to an aromatic ring is 1. The summed E-state index contributed by atoms with van der Waals surface area (Å²) in [6.45, 7) is 1.91. The Kier molecular flexibility index (Phi) is 4.46. The molecule has 0 fully saturated rings. The number of hydrogen-bond acceptors (Lipinski definition) is 6. The van der Waals surface area contributed by atoms with Gasteiger partial charge in [-0.1, -0.05) is 6.08 Å². The molecule has 3 aromatic rings. The minimum atomic E-state index is -0.263. The zero-order valence-electron chi connectivity index (χ0n) is 13.1. The summed E-state index contributed by atoms with van der Waals surface area (Å²) in [7, 11) is 0. The lowest BCUT2D eigenvalue weighted by Gasteiger charge is -2.10. The summed E-state index contributed by atoms with van der Waals surface area (Å²) >= 11 is 0.